The number of carbonyl (C=O) groups excluding carboxylic acids is 1. The summed E-state index contributed by atoms with van der Waals surface area (Å²) in [5.41, 5.74) is 2.48. The molecule has 0 N–H and O–H groups in total. The Morgan fingerprint density at radius 2 is 1.63 bits per heavy atom. The SMILES string of the molecule is CCN1c2ccccc2N(C(=O)c2cc(OC)c(OC)c(OC)c2)CC1C. The number of carbonyl (C=O) groups is 1. The molecule has 2 aromatic carbocycles. The Morgan fingerprint density at radius 3 is 2.15 bits per heavy atom. The van der Waals surface area contributed by atoms with Crippen molar-refractivity contribution in [3.8, 4) is 17.2 Å². The van der Waals surface area contributed by atoms with Crippen molar-refractivity contribution in [2.24, 2.45) is 0 Å². The lowest BCUT2D eigenvalue weighted by atomic mass is 10.1. The van der Waals surface area contributed by atoms with Crippen LogP contribution >= 0.6 is 0 Å². The minimum Gasteiger partial charge on any atom is -0.493 e. The van der Waals surface area contributed by atoms with Crippen LogP contribution in [-0.2, 0) is 0 Å². The largest absolute Gasteiger partial charge is 0.493 e. The third kappa shape index (κ3) is 3.27. The van der Waals surface area contributed by atoms with E-state index >= 15 is 0 Å². The molecule has 3 rings (SSSR count). The number of amides is 1. The Kier molecular flexibility index (Phi) is 5.44. The highest BCUT2D eigenvalue weighted by molar-refractivity contribution is 6.09. The second-order valence-electron chi connectivity index (χ2n) is 6.45. The fourth-order valence-corrected chi connectivity index (χ4v) is 3.67. The minimum absolute atomic E-state index is 0.0932. The molecule has 6 nitrogen and oxygen atoms in total. The van der Waals surface area contributed by atoms with E-state index in [1.807, 2.05) is 23.1 Å². The van der Waals surface area contributed by atoms with Crippen molar-refractivity contribution in [2.75, 3.05) is 44.2 Å². The molecular formula is C21H26N2O4. The van der Waals surface area contributed by atoms with Crippen molar-refractivity contribution >= 4 is 17.3 Å². The molecule has 1 amide bonds. The van der Waals surface area contributed by atoms with E-state index in [-0.39, 0.29) is 11.9 Å². The molecule has 1 atom stereocenters. The predicted octanol–water partition coefficient (Wildman–Crippen LogP) is 3.59. The molecule has 1 aliphatic rings. The van der Waals surface area contributed by atoms with Gasteiger partial charge in [-0.3, -0.25) is 4.79 Å². The summed E-state index contributed by atoms with van der Waals surface area (Å²) in [7, 11) is 4.63. The number of likely N-dealkylation sites (N-methyl/N-ethyl adjacent to an activating group) is 1. The molecule has 0 aromatic heterocycles. The zero-order valence-corrected chi connectivity index (χ0v) is 16.5. The maximum Gasteiger partial charge on any atom is 0.258 e. The summed E-state index contributed by atoms with van der Waals surface area (Å²) in [6, 6.07) is 11.6. The van der Waals surface area contributed by atoms with Crippen LogP contribution < -0.4 is 24.0 Å². The van der Waals surface area contributed by atoms with E-state index in [1.54, 1.807) is 33.5 Å². The highest BCUT2D eigenvalue weighted by Gasteiger charge is 2.31. The van der Waals surface area contributed by atoms with E-state index in [0.29, 0.717) is 29.4 Å². The van der Waals surface area contributed by atoms with Gasteiger partial charge >= 0.3 is 0 Å². The fourth-order valence-electron chi connectivity index (χ4n) is 3.67. The normalized spacial score (nSPS) is 16.0. The van der Waals surface area contributed by atoms with E-state index < -0.39 is 0 Å². The van der Waals surface area contributed by atoms with Gasteiger partial charge in [0.1, 0.15) is 0 Å². The Bertz CT molecular complexity index is 812. The fraction of sp³-hybridized carbons (Fsp3) is 0.381. The first-order valence-corrected chi connectivity index (χ1v) is 9.03. The molecule has 6 heteroatoms. The lowest BCUT2D eigenvalue weighted by molar-refractivity contribution is 0.0983. The van der Waals surface area contributed by atoms with Gasteiger partial charge in [0.05, 0.1) is 32.7 Å². The lowest BCUT2D eigenvalue weighted by Crippen LogP contribution is -2.49. The first kappa shape index (κ1) is 18.9. The second kappa shape index (κ2) is 7.78. The summed E-state index contributed by atoms with van der Waals surface area (Å²) in [4.78, 5) is 17.5. The maximum atomic E-state index is 13.4. The molecule has 0 saturated heterocycles. The van der Waals surface area contributed by atoms with Gasteiger partial charge in [-0.15, -0.1) is 0 Å². The molecule has 1 aliphatic heterocycles. The quantitative estimate of drug-likeness (QED) is 0.805. The Morgan fingerprint density at radius 1 is 1.04 bits per heavy atom. The number of nitrogens with zero attached hydrogens (tertiary/aromatic N) is 2. The summed E-state index contributed by atoms with van der Waals surface area (Å²) in [6.07, 6.45) is 0. The smallest absolute Gasteiger partial charge is 0.258 e. The van der Waals surface area contributed by atoms with Gasteiger partial charge in [0.25, 0.3) is 5.91 Å². The van der Waals surface area contributed by atoms with Gasteiger partial charge in [0.15, 0.2) is 11.5 Å². The molecule has 0 spiro atoms. The number of para-hydroxylation sites is 2. The molecular weight excluding hydrogens is 344 g/mol. The average Bonchev–Trinajstić information content (AvgIpc) is 2.71. The maximum absolute atomic E-state index is 13.4. The molecule has 2 aromatic rings. The molecule has 0 bridgehead atoms. The van der Waals surface area contributed by atoms with Crippen LogP contribution in [0.5, 0.6) is 17.2 Å². The lowest BCUT2D eigenvalue weighted by Gasteiger charge is -2.42. The van der Waals surface area contributed by atoms with Crippen LogP contribution in [-0.4, -0.2) is 46.4 Å². The highest BCUT2D eigenvalue weighted by atomic mass is 16.5. The topological polar surface area (TPSA) is 51.2 Å². The number of benzene rings is 2. The van der Waals surface area contributed by atoms with E-state index in [1.165, 1.54) is 0 Å². The van der Waals surface area contributed by atoms with Crippen LogP contribution in [0.25, 0.3) is 0 Å². The summed E-state index contributed by atoms with van der Waals surface area (Å²) >= 11 is 0. The monoisotopic (exact) mass is 370 g/mol. The van der Waals surface area contributed by atoms with Crippen LogP contribution in [0.4, 0.5) is 11.4 Å². The summed E-state index contributed by atoms with van der Waals surface area (Å²) < 4.78 is 16.2. The van der Waals surface area contributed by atoms with E-state index in [0.717, 1.165) is 17.9 Å². The van der Waals surface area contributed by atoms with Crippen molar-refractivity contribution in [2.45, 2.75) is 19.9 Å². The zero-order valence-electron chi connectivity index (χ0n) is 16.5. The van der Waals surface area contributed by atoms with Crippen molar-refractivity contribution in [1.82, 2.24) is 0 Å². The molecule has 27 heavy (non-hydrogen) atoms. The van der Waals surface area contributed by atoms with E-state index in [2.05, 4.69) is 24.8 Å². The Hall–Kier alpha value is -2.89. The molecule has 144 valence electrons. The van der Waals surface area contributed by atoms with Gasteiger partial charge in [-0.2, -0.15) is 0 Å². The molecule has 0 radical (unpaired) electrons. The number of rotatable bonds is 5. The van der Waals surface area contributed by atoms with Crippen LogP contribution in [0.2, 0.25) is 0 Å². The first-order chi connectivity index (χ1) is 13.0. The number of ether oxygens (including phenoxy) is 3. The number of hydrogen-bond donors (Lipinski definition) is 0. The van der Waals surface area contributed by atoms with Crippen molar-refractivity contribution in [3.05, 3.63) is 42.0 Å². The molecule has 0 aliphatic carbocycles. The van der Waals surface area contributed by atoms with Crippen LogP contribution in [0.3, 0.4) is 0 Å². The number of fused-ring (bicyclic) bond motifs is 1. The molecule has 1 unspecified atom stereocenters. The van der Waals surface area contributed by atoms with Crippen molar-refractivity contribution in [3.63, 3.8) is 0 Å². The number of hydrogen-bond acceptors (Lipinski definition) is 5. The van der Waals surface area contributed by atoms with Gasteiger partial charge in [-0.05, 0) is 38.1 Å². The summed E-state index contributed by atoms with van der Waals surface area (Å²) in [5.74, 6) is 1.31. The molecule has 0 fully saturated rings. The number of methoxy groups -OCH3 is 3. The Labute approximate surface area is 160 Å². The number of anilines is 2. The third-order valence-corrected chi connectivity index (χ3v) is 4.96. The van der Waals surface area contributed by atoms with Gasteiger partial charge < -0.3 is 24.0 Å². The van der Waals surface area contributed by atoms with E-state index in [9.17, 15) is 4.79 Å². The first-order valence-electron chi connectivity index (χ1n) is 9.03. The zero-order chi connectivity index (χ0) is 19.6. The van der Waals surface area contributed by atoms with Crippen molar-refractivity contribution < 1.29 is 19.0 Å². The predicted molar refractivity (Wildman–Crippen MR) is 107 cm³/mol. The van der Waals surface area contributed by atoms with Gasteiger partial charge in [0.2, 0.25) is 5.75 Å². The summed E-state index contributed by atoms with van der Waals surface area (Å²) in [5, 5.41) is 0. The standard InChI is InChI=1S/C21H26N2O4/c1-6-22-14(2)13-23(17-10-8-7-9-16(17)22)21(24)15-11-18(25-3)20(27-5)19(12-15)26-4/h7-12,14H,6,13H2,1-5H3. The van der Waals surface area contributed by atoms with Gasteiger partial charge in [-0.1, -0.05) is 12.1 Å². The third-order valence-electron chi connectivity index (χ3n) is 4.96. The van der Waals surface area contributed by atoms with Gasteiger partial charge in [-0.25, -0.2) is 0 Å². The molecule has 0 saturated carbocycles. The van der Waals surface area contributed by atoms with E-state index in [4.69, 9.17) is 14.2 Å². The Balaban J connectivity index is 2.06. The molecule has 1 heterocycles. The summed E-state index contributed by atoms with van der Waals surface area (Å²) in [6.45, 7) is 5.77. The van der Waals surface area contributed by atoms with Crippen LogP contribution in [0, 0.1) is 0 Å². The van der Waals surface area contributed by atoms with Crippen LogP contribution in [0.15, 0.2) is 36.4 Å². The second-order valence-corrected chi connectivity index (χ2v) is 6.45. The average molecular weight is 370 g/mol. The van der Waals surface area contributed by atoms with Gasteiger partial charge in [0, 0.05) is 24.7 Å². The van der Waals surface area contributed by atoms with Crippen molar-refractivity contribution in [1.29, 1.82) is 0 Å². The highest BCUT2D eigenvalue weighted by Crippen LogP contribution is 2.40. The van der Waals surface area contributed by atoms with Crippen LogP contribution in [0.1, 0.15) is 24.2 Å². The minimum atomic E-state index is -0.0932.